The van der Waals surface area contributed by atoms with Gasteiger partial charge in [0.1, 0.15) is 84.6 Å². The van der Waals surface area contributed by atoms with Crippen LogP contribution in [-0.2, 0) is 101 Å². The number of benzene rings is 3. The number of thioether (sulfide) groups is 1. The summed E-state index contributed by atoms with van der Waals surface area (Å²) in [6.45, 7) is 18.1. The lowest BCUT2D eigenvalue weighted by Gasteiger charge is -2.33. The molecule has 1 aliphatic rings. The number of aromatic nitrogens is 1. The largest absolute Gasteiger partial charge is 0.481 e. The highest BCUT2D eigenvalue weighted by Gasteiger charge is 2.41. The minimum Gasteiger partial charge on any atom is -0.481 e. The monoisotopic (exact) mass is 1720 g/mol. The first-order chi connectivity index (χ1) is 57.5. The Kier molecular flexibility index (Phi) is 40.5. The number of carbonyl (C=O) groups excluding carboxylic acids is 16. The van der Waals surface area contributed by atoms with Gasteiger partial charge in [0.15, 0.2) is 0 Å². The van der Waals surface area contributed by atoms with Crippen molar-refractivity contribution in [3.63, 3.8) is 0 Å². The zero-order valence-electron chi connectivity index (χ0n) is 71.1. The number of nitrogens with two attached hydrogens (primary N) is 3. The van der Waals surface area contributed by atoms with Crippen molar-refractivity contribution < 1.29 is 91.7 Å². The fourth-order valence-electron chi connectivity index (χ4n) is 13.1. The van der Waals surface area contributed by atoms with Crippen LogP contribution >= 0.6 is 11.8 Å². The highest BCUT2D eigenvalue weighted by Crippen LogP contribution is 2.22. The summed E-state index contributed by atoms with van der Waals surface area (Å²) in [4.78, 5) is 247. The number of rotatable bonds is 22. The maximum absolute atomic E-state index is 15.2. The molecule has 122 heavy (non-hydrogen) atoms. The molecule has 16 amide bonds. The number of aliphatic carboxylic acids is 1. The number of pyridine rings is 1. The topological polar surface area (TPSA) is 581 Å². The number of hydrogen-bond acceptors (Lipinski definition) is 21. The molecule has 1 saturated heterocycles. The number of primary amides is 2. The molecule has 14 atom stereocenters. The highest BCUT2D eigenvalue weighted by atomic mass is 32.2. The molecule has 3 aromatic carbocycles. The van der Waals surface area contributed by atoms with Crippen LogP contribution in [0.5, 0.6) is 0 Å². The Morgan fingerprint density at radius 2 is 0.852 bits per heavy atom. The van der Waals surface area contributed by atoms with E-state index in [0.717, 1.165) is 33.4 Å². The number of carboxylic acid groups (broad SMARTS) is 1. The second kappa shape index (κ2) is 49.1. The number of nitrogens with zero attached hydrogens (tertiary/aromatic N) is 2. The Labute approximate surface area is 713 Å². The third kappa shape index (κ3) is 32.9. The lowest BCUT2D eigenvalue weighted by Crippen LogP contribution is -2.62. The molecule has 0 bridgehead atoms. The van der Waals surface area contributed by atoms with Crippen LogP contribution in [-0.4, -0.2) is 237 Å². The van der Waals surface area contributed by atoms with E-state index < -0.39 is 234 Å². The van der Waals surface area contributed by atoms with Crippen LogP contribution in [0.4, 0.5) is 0 Å². The van der Waals surface area contributed by atoms with E-state index in [1.165, 1.54) is 52.3 Å². The number of carbonyl (C=O) groups is 17. The van der Waals surface area contributed by atoms with Crippen molar-refractivity contribution >= 4 is 112 Å². The summed E-state index contributed by atoms with van der Waals surface area (Å²) < 4.78 is 0. The molecule has 4 aromatic rings. The van der Waals surface area contributed by atoms with Gasteiger partial charge < -0.3 is 101 Å². The molecule has 2 heterocycles. The van der Waals surface area contributed by atoms with Crippen LogP contribution in [0.2, 0.25) is 0 Å². The van der Waals surface area contributed by atoms with E-state index in [1.807, 2.05) is 42.5 Å². The second-order valence-corrected chi connectivity index (χ2v) is 33.4. The van der Waals surface area contributed by atoms with E-state index in [9.17, 15) is 77.3 Å². The Balaban J connectivity index is 1.62. The van der Waals surface area contributed by atoms with E-state index in [-0.39, 0.29) is 56.3 Å². The summed E-state index contributed by atoms with van der Waals surface area (Å²) in [7, 11) is 1.28. The van der Waals surface area contributed by atoms with E-state index in [4.69, 9.17) is 17.2 Å². The van der Waals surface area contributed by atoms with Gasteiger partial charge in [-0.25, -0.2) is 0 Å². The fraction of sp³-hybridized carbons (Fsp3) is 0.524. The predicted octanol–water partition coefficient (Wildman–Crippen LogP) is -1.78. The molecule has 1 fully saturated rings. The van der Waals surface area contributed by atoms with Crippen molar-refractivity contribution in [3.05, 3.63) is 126 Å². The van der Waals surface area contributed by atoms with Gasteiger partial charge in [-0.3, -0.25) is 86.5 Å². The van der Waals surface area contributed by atoms with Gasteiger partial charge in [-0.05, 0) is 103 Å². The lowest BCUT2D eigenvalue weighted by molar-refractivity contribution is -0.143. The van der Waals surface area contributed by atoms with Crippen LogP contribution in [0.25, 0.3) is 11.1 Å². The number of aliphatic hydroxyl groups is 1. The molecule has 0 unspecified atom stereocenters. The SMILES string of the molecule is Cc1cccc(C[C@@H]2NC(=O)[C@H](CC(=O)O)NC(=O)[C@H](Cc3ccncc3)NC(=O)[C@H](CN)NC(=O)CSC[C@@H](C(N)=O)NC(=O)[C@H](CO)NC(=O)[C@H](C(C)C)NC(=O)[C@H](CC(C)C)NC(=O)[C@H](CC(N)=O)NC(=O)[C@@H](CC(C)C)NC(=O)[C@H](C)N(C)C(=O)[C@H](C(C)C)NC(=O)[C@H](Cc3ccc(-c4ccccc4)cc3)NC(=O)[C@H](CC(C)C)NC2=O)c1. The van der Waals surface area contributed by atoms with Gasteiger partial charge in [0, 0.05) is 51.0 Å². The predicted molar refractivity (Wildman–Crippen MR) is 453 cm³/mol. The van der Waals surface area contributed by atoms with Crippen LogP contribution in [0.3, 0.4) is 0 Å². The van der Waals surface area contributed by atoms with Crippen molar-refractivity contribution in [3.8, 4) is 11.1 Å². The minimum atomic E-state index is -1.99. The van der Waals surface area contributed by atoms with Crippen LogP contribution < -0.4 is 86.3 Å². The lowest BCUT2D eigenvalue weighted by atomic mass is 9.97. The molecule has 666 valence electrons. The summed E-state index contributed by atoms with van der Waals surface area (Å²) in [6, 6.07) is 3.83. The third-order valence-electron chi connectivity index (χ3n) is 19.8. The maximum atomic E-state index is 15.2. The smallest absolute Gasteiger partial charge is 0.305 e. The number of aliphatic hydroxyl groups excluding tert-OH is 1. The van der Waals surface area contributed by atoms with E-state index in [1.54, 1.807) is 98.7 Å². The molecule has 21 N–H and O–H groups in total. The number of amides is 16. The summed E-state index contributed by atoms with van der Waals surface area (Å²) >= 11 is 0.722. The molecular formula is C84H120N18O19S. The first kappa shape index (κ1) is 101. The van der Waals surface area contributed by atoms with Crippen molar-refractivity contribution in [2.24, 2.45) is 46.8 Å². The Morgan fingerprint density at radius 1 is 0.451 bits per heavy atom. The van der Waals surface area contributed by atoms with E-state index in [2.05, 4.69) is 74.1 Å². The third-order valence-corrected chi connectivity index (χ3v) is 20.9. The highest BCUT2D eigenvalue weighted by molar-refractivity contribution is 8.00. The van der Waals surface area contributed by atoms with E-state index >= 15 is 14.4 Å². The summed E-state index contributed by atoms with van der Waals surface area (Å²) in [5.74, 6) is -21.3. The van der Waals surface area contributed by atoms with E-state index in [0.29, 0.717) is 16.7 Å². The maximum Gasteiger partial charge on any atom is 0.305 e. The number of likely N-dealkylation sites (N-methyl/N-ethyl adjacent to an activating group) is 1. The minimum absolute atomic E-state index is 0.0862. The molecular weight excluding hydrogens is 1600 g/mol. The molecule has 0 radical (unpaired) electrons. The quantitative estimate of drug-likeness (QED) is 0.0413. The first-order valence-corrected chi connectivity index (χ1v) is 41.6. The summed E-state index contributed by atoms with van der Waals surface area (Å²) in [6.07, 6.45) is -0.302. The first-order valence-electron chi connectivity index (χ1n) is 40.5. The second-order valence-electron chi connectivity index (χ2n) is 32.3. The van der Waals surface area contributed by atoms with Gasteiger partial charge in [-0.2, -0.15) is 0 Å². The van der Waals surface area contributed by atoms with Crippen LogP contribution in [0.1, 0.15) is 131 Å². The summed E-state index contributed by atoms with van der Waals surface area (Å²) in [5, 5.41) is 53.9. The van der Waals surface area contributed by atoms with Crippen molar-refractivity contribution in [2.45, 2.75) is 219 Å². The average molecular weight is 1720 g/mol. The molecule has 37 nitrogen and oxygen atoms in total. The van der Waals surface area contributed by atoms with Gasteiger partial charge in [-0.1, -0.05) is 154 Å². The molecule has 1 aliphatic heterocycles. The molecule has 0 aliphatic carbocycles. The molecule has 0 spiro atoms. The molecule has 0 saturated carbocycles. The van der Waals surface area contributed by atoms with Crippen molar-refractivity contribution in [1.29, 1.82) is 0 Å². The van der Waals surface area contributed by atoms with Crippen LogP contribution in [0.15, 0.2) is 103 Å². The number of carboxylic acids is 1. The summed E-state index contributed by atoms with van der Waals surface area (Å²) in [5.41, 5.74) is 21.1. The zero-order chi connectivity index (χ0) is 90.9. The number of nitrogens with one attached hydrogen (secondary N) is 13. The Hall–Kier alpha value is -11.9. The van der Waals surface area contributed by atoms with Gasteiger partial charge in [0.2, 0.25) is 94.5 Å². The molecule has 38 heteroatoms. The molecule has 5 rings (SSSR count). The Morgan fingerprint density at radius 3 is 1.31 bits per heavy atom. The van der Waals surface area contributed by atoms with Gasteiger partial charge >= 0.3 is 5.97 Å². The fourth-order valence-corrected chi connectivity index (χ4v) is 13.9. The van der Waals surface area contributed by atoms with Crippen molar-refractivity contribution in [1.82, 2.24) is 79.0 Å². The Bertz CT molecular complexity index is 4310. The zero-order valence-corrected chi connectivity index (χ0v) is 72.0. The molecule has 1 aromatic heterocycles. The normalized spacial score (nSPS) is 24.4. The van der Waals surface area contributed by atoms with Gasteiger partial charge in [0.05, 0.1) is 25.2 Å². The van der Waals surface area contributed by atoms with Gasteiger partial charge in [-0.15, -0.1) is 11.8 Å². The van der Waals surface area contributed by atoms with Crippen molar-refractivity contribution in [2.75, 3.05) is 31.7 Å². The van der Waals surface area contributed by atoms with Gasteiger partial charge in [0.25, 0.3) is 0 Å². The number of hydrogen-bond donors (Lipinski definition) is 18. The average Bonchev–Trinajstić information content (AvgIpc) is 0.839. The number of aryl methyl sites for hydroxylation is 1. The van der Waals surface area contributed by atoms with Crippen LogP contribution in [0, 0.1) is 36.5 Å². The standard InChI is InChI=1S/C84H120N18O19S/c1-43(2)30-55-73(110)96-61(37-66(86)104)77(114)92-57(32-45(5)6)79(116)100-69(46(7)8)83(120)98-64(40-103)82(119)99-65(71(87)108)41-122-42-67(105)89-63(39-85)81(118)95-58(35-51-26-28-88-29-27-51)75(112)97-62(38-68(106)107)78(115)94-60(36-52-19-17-18-48(11)33-52)76(113)91-56(31-44(3)4)74(111)93-59(34-50-22-24-54(25-23-50)53-20-15-14-16-21-53)80(117)101-70(47(9)10)84(121)102(13)49(12)72(109)90-55/h14-29,33,43-47,49,55-65,69-70,103H,30-32,34-42,85H2,1-13H3,(H2,86,104)(H2,87,108)(H,89,105)(H,90,109)(H,91,113)(H,92,114)(H,93,111)(H,94,115)(H,95,118)(H,96,110)(H,97,112)(H,98,120)(H,99,119)(H,100,116)(H,101,117)(H,106,107)/t49-,55+,56-,57-,58-,59-,60-,61-,62-,63-,64-,65-,69-,70-/m0/s1.